The van der Waals surface area contributed by atoms with E-state index in [9.17, 15) is 18.0 Å². The van der Waals surface area contributed by atoms with Gasteiger partial charge in [0.1, 0.15) is 6.61 Å². The van der Waals surface area contributed by atoms with Crippen LogP contribution in [0.5, 0.6) is 0 Å². The number of carbonyl (C=O) groups excluding carboxylic acids is 1. The molecular weight excluding hydrogens is 259 g/mol. The third-order valence-corrected chi connectivity index (χ3v) is 2.71. The molecule has 0 aromatic heterocycles. The summed E-state index contributed by atoms with van der Waals surface area (Å²) in [7, 11) is 0. The van der Waals surface area contributed by atoms with Crippen molar-refractivity contribution in [2.75, 3.05) is 6.61 Å². The molecule has 1 aromatic carbocycles. The summed E-state index contributed by atoms with van der Waals surface area (Å²) < 4.78 is 42.9. The number of halogens is 4. The van der Waals surface area contributed by atoms with Crippen molar-refractivity contribution in [3.8, 4) is 0 Å². The van der Waals surface area contributed by atoms with Crippen LogP contribution < -0.4 is 5.32 Å². The van der Waals surface area contributed by atoms with Crippen LogP contribution in [0.25, 0.3) is 0 Å². The Balaban J connectivity index is 2.48. The maximum atomic E-state index is 12.8. The average molecular weight is 266 g/mol. The lowest BCUT2D eigenvalue weighted by atomic mass is 10.0. The van der Waals surface area contributed by atoms with Crippen LogP contribution >= 0.6 is 11.6 Å². The van der Waals surface area contributed by atoms with Crippen LogP contribution in [-0.4, -0.2) is 12.7 Å². The van der Waals surface area contributed by atoms with Gasteiger partial charge in [-0.05, 0) is 12.1 Å². The minimum absolute atomic E-state index is 0.0457. The van der Waals surface area contributed by atoms with Gasteiger partial charge in [0.25, 0.3) is 0 Å². The molecule has 0 radical (unpaired) electrons. The van der Waals surface area contributed by atoms with Gasteiger partial charge in [0.05, 0.1) is 11.6 Å². The van der Waals surface area contributed by atoms with Gasteiger partial charge in [0.15, 0.2) is 0 Å². The summed E-state index contributed by atoms with van der Waals surface area (Å²) in [6, 6.07) is 2.61. The van der Waals surface area contributed by atoms with Crippen molar-refractivity contribution in [2.24, 2.45) is 0 Å². The van der Waals surface area contributed by atoms with E-state index in [0.717, 1.165) is 6.07 Å². The van der Waals surface area contributed by atoms with Crippen molar-refractivity contribution in [3.05, 3.63) is 34.3 Å². The number of hydrogen-bond acceptors (Lipinski definition) is 2. The molecule has 0 saturated carbocycles. The Kier molecular flexibility index (Phi) is 2.91. The molecule has 1 amide bonds. The molecule has 0 unspecified atom stereocenters. The van der Waals surface area contributed by atoms with Crippen LogP contribution in [0.15, 0.2) is 18.2 Å². The molecule has 1 saturated heterocycles. The third kappa shape index (κ3) is 2.31. The summed E-state index contributed by atoms with van der Waals surface area (Å²) in [5, 5.41) is 2.23. The second-order valence-electron chi connectivity index (χ2n) is 3.49. The molecule has 1 heterocycles. The number of alkyl halides is 3. The molecule has 1 aliphatic heterocycles. The van der Waals surface area contributed by atoms with Crippen LogP contribution in [0, 0.1) is 0 Å². The van der Waals surface area contributed by atoms with Crippen molar-refractivity contribution in [2.45, 2.75) is 12.2 Å². The topological polar surface area (TPSA) is 38.3 Å². The van der Waals surface area contributed by atoms with E-state index in [-0.39, 0.29) is 17.2 Å². The van der Waals surface area contributed by atoms with Gasteiger partial charge in [0, 0.05) is 10.6 Å². The fourth-order valence-electron chi connectivity index (χ4n) is 1.68. The van der Waals surface area contributed by atoms with Crippen LogP contribution in [0.1, 0.15) is 17.2 Å². The zero-order chi connectivity index (χ0) is 12.6. The van der Waals surface area contributed by atoms with Gasteiger partial charge in [-0.15, -0.1) is 0 Å². The van der Waals surface area contributed by atoms with Crippen LogP contribution in [-0.2, 0) is 10.9 Å². The lowest BCUT2D eigenvalue weighted by Gasteiger charge is -2.17. The lowest BCUT2D eigenvalue weighted by Crippen LogP contribution is -2.22. The second-order valence-corrected chi connectivity index (χ2v) is 3.90. The van der Waals surface area contributed by atoms with E-state index in [2.05, 4.69) is 10.1 Å². The number of amides is 1. The molecular formula is C10H7ClF3NO2. The van der Waals surface area contributed by atoms with Gasteiger partial charge >= 0.3 is 12.3 Å². The maximum absolute atomic E-state index is 12.8. The molecule has 1 aliphatic rings. The van der Waals surface area contributed by atoms with Crippen molar-refractivity contribution >= 4 is 17.7 Å². The van der Waals surface area contributed by atoms with E-state index in [1.165, 1.54) is 12.1 Å². The molecule has 0 bridgehead atoms. The van der Waals surface area contributed by atoms with Gasteiger partial charge in [0.2, 0.25) is 0 Å². The number of carbonyl (C=O) groups is 1. The van der Waals surface area contributed by atoms with E-state index < -0.39 is 23.9 Å². The van der Waals surface area contributed by atoms with Gasteiger partial charge in [-0.2, -0.15) is 13.2 Å². The molecule has 92 valence electrons. The highest BCUT2D eigenvalue weighted by molar-refractivity contribution is 6.31. The standard InChI is InChI=1S/C10H7ClF3NO2/c11-6-3-1-2-5(10(12,13)14)8(6)7-4-17-9(16)15-7/h1-3,7H,4H2,(H,15,16)/t7-/m0/s1. The molecule has 17 heavy (non-hydrogen) atoms. The van der Waals surface area contributed by atoms with Crippen molar-refractivity contribution in [1.29, 1.82) is 0 Å². The summed E-state index contributed by atoms with van der Waals surface area (Å²) >= 11 is 5.76. The van der Waals surface area contributed by atoms with Crippen LogP contribution in [0.2, 0.25) is 5.02 Å². The Morgan fingerprint density at radius 2 is 2.12 bits per heavy atom. The third-order valence-electron chi connectivity index (χ3n) is 2.38. The van der Waals surface area contributed by atoms with Crippen molar-refractivity contribution in [1.82, 2.24) is 5.32 Å². The second kappa shape index (κ2) is 4.10. The van der Waals surface area contributed by atoms with E-state index in [1.54, 1.807) is 0 Å². The van der Waals surface area contributed by atoms with Gasteiger partial charge < -0.3 is 10.1 Å². The zero-order valence-electron chi connectivity index (χ0n) is 8.34. The number of rotatable bonds is 1. The minimum Gasteiger partial charge on any atom is -0.447 e. The summed E-state index contributed by atoms with van der Waals surface area (Å²) in [6.07, 6.45) is -5.27. The van der Waals surface area contributed by atoms with Gasteiger partial charge in [-0.1, -0.05) is 17.7 Å². The Morgan fingerprint density at radius 1 is 1.41 bits per heavy atom. The first-order valence-corrected chi connectivity index (χ1v) is 5.06. The summed E-state index contributed by atoms with van der Waals surface area (Å²) in [4.78, 5) is 10.8. The van der Waals surface area contributed by atoms with E-state index in [0.29, 0.717) is 0 Å². The smallest absolute Gasteiger partial charge is 0.416 e. The number of cyclic esters (lactones) is 1. The summed E-state index contributed by atoms with van der Waals surface area (Å²) in [5.41, 5.74) is -1.02. The highest BCUT2D eigenvalue weighted by Gasteiger charge is 2.38. The predicted molar refractivity (Wildman–Crippen MR) is 53.7 cm³/mol. The molecule has 0 aliphatic carbocycles. The number of alkyl carbamates (subject to hydrolysis) is 1. The van der Waals surface area contributed by atoms with E-state index in [1.807, 2.05) is 0 Å². The fourth-order valence-corrected chi connectivity index (χ4v) is 1.98. The zero-order valence-corrected chi connectivity index (χ0v) is 9.10. The first kappa shape index (κ1) is 12.0. The lowest BCUT2D eigenvalue weighted by molar-refractivity contribution is -0.138. The van der Waals surface area contributed by atoms with Crippen LogP contribution in [0.4, 0.5) is 18.0 Å². The molecule has 1 N–H and O–H groups in total. The first-order chi connectivity index (χ1) is 7.89. The number of hydrogen-bond donors (Lipinski definition) is 1. The number of benzene rings is 1. The van der Waals surface area contributed by atoms with Gasteiger partial charge in [-0.25, -0.2) is 4.79 Å². The van der Waals surface area contributed by atoms with Crippen LogP contribution in [0.3, 0.4) is 0 Å². The normalized spacial score (nSPS) is 20.0. The fraction of sp³-hybridized carbons (Fsp3) is 0.300. The number of nitrogens with one attached hydrogen (secondary N) is 1. The molecule has 1 aromatic rings. The molecule has 1 fully saturated rings. The Labute approximate surface area is 99.5 Å². The van der Waals surface area contributed by atoms with Crippen molar-refractivity contribution < 1.29 is 22.7 Å². The Morgan fingerprint density at radius 3 is 2.65 bits per heavy atom. The minimum atomic E-state index is -4.52. The quantitative estimate of drug-likeness (QED) is 0.847. The molecule has 0 spiro atoms. The molecule has 3 nitrogen and oxygen atoms in total. The number of ether oxygens (including phenoxy) is 1. The molecule has 2 rings (SSSR count). The highest BCUT2D eigenvalue weighted by Crippen LogP contribution is 2.38. The maximum Gasteiger partial charge on any atom is 0.416 e. The largest absolute Gasteiger partial charge is 0.447 e. The first-order valence-electron chi connectivity index (χ1n) is 4.68. The molecule has 1 atom stereocenters. The summed E-state index contributed by atoms with van der Waals surface area (Å²) in [6.45, 7) is -0.161. The molecule has 7 heteroatoms. The summed E-state index contributed by atoms with van der Waals surface area (Å²) in [5.74, 6) is 0. The van der Waals surface area contributed by atoms with Crippen molar-refractivity contribution in [3.63, 3.8) is 0 Å². The average Bonchev–Trinajstić information content (AvgIpc) is 2.63. The van der Waals surface area contributed by atoms with Gasteiger partial charge in [-0.3, -0.25) is 0 Å². The Hall–Kier alpha value is -1.43. The SMILES string of the molecule is O=C1N[C@H](c2c(Cl)cccc2C(F)(F)F)CO1. The Bertz CT molecular complexity index is 461. The van der Waals surface area contributed by atoms with E-state index >= 15 is 0 Å². The monoisotopic (exact) mass is 265 g/mol. The highest BCUT2D eigenvalue weighted by atomic mass is 35.5. The van der Waals surface area contributed by atoms with E-state index in [4.69, 9.17) is 11.6 Å². The predicted octanol–water partition coefficient (Wildman–Crippen LogP) is 3.14.